The predicted octanol–water partition coefficient (Wildman–Crippen LogP) is 3.87. The maximum Gasteiger partial charge on any atom is 0.395 e. The molecule has 1 aromatic rings. The molecule has 0 amide bonds. The van der Waals surface area contributed by atoms with Crippen LogP contribution in [-0.4, -0.2) is 17.3 Å². The fourth-order valence-corrected chi connectivity index (χ4v) is 2.55. The Morgan fingerprint density at radius 3 is 2.05 bits per heavy atom. The third-order valence-electron chi connectivity index (χ3n) is 3.69. The molecule has 0 heterocycles. The lowest BCUT2D eigenvalue weighted by atomic mass is 9.80. The van der Waals surface area contributed by atoms with E-state index < -0.39 is 41.5 Å². The third kappa shape index (κ3) is 2.62. The molecular formula is C13H11F5O2. The van der Waals surface area contributed by atoms with Crippen LogP contribution in [0.15, 0.2) is 18.2 Å². The van der Waals surface area contributed by atoms with Crippen molar-refractivity contribution >= 4 is 5.97 Å². The normalized spacial score (nSPS) is 18.6. The number of carboxylic acid groups (broad SMARTS) is 1. The van der Waals surface area contributed by atoms with E-state index in [1.54, 1.807) is 0 Å². The average molecular weight is 294 g/mol. The van der Waals surface area contributed by atoms with Crippen LogP contribution in [-0.2, 0) is 4.79 Å². The minimum atomic E-state index is -4.60. The fraction of sp³-hybridized carbons (Fsp3) is 0.462. The van der Waals surface area contributed by atoms with E-state index in [0.29, 0.717) is 6.07 Å². The highest BCUT2D eigenvalue weighted by Gasteiger charge is 2.67. The van der Waals surface area contributed by atoms with Crippen molar-refractivity contribution in [2.24, 2.45) is 5.41 Å². The van der Waals surface area contributed by atoms with E-state index in [1.807, 2.05) is 0 Å². The Kier molecular flexibility index (Phi) is 3.47. The summed E-state index contributed by atoms with van der Waals surface area (Å²) in [5.74, 6) is -4.96. The molecule has 0 spiro atoms. The van der Waals surface area contributed by atoms with Gasteiger partial charge in [0.15, 0.2) is 0 Å². The summed E-state index contributed by atoms with van der Waals surface area (Å²) < 4.78 is 65.6. The first kappa shape index (κ1) is 14.7. The molecule has 20 heavy (non-hydrogen) atoms. The summed E-state index contributed by atoms with van der Waals surface area (Å²) in [5, 5.41) is 8.79. The molecule has 0 saturated heterocycles. The molecule has 0 aromatic heterocycles. The summed E-state index contributed by atoms with van der Waals surface area (Å²) in [7, 11) is 0. The minimum Gasteiger partial charge on any atom is -0.481 e. The second kappa shape index (κ2) is 4.71. The summed E-state index contributed by atoms with van der Waals surface area (Å²) in [6.07, 6.45) is -5.88. The van der Waals surface area contributed by atoms with Crippen LogP contribution < -0.4 is 0 Å². The number of benzene rings is 1. The molecular weight excluding hydrogens is 283 g/mol. The molecule has 0 unspecified atom stereocenters. The van der Waals surface area contributed by atoms with Crippen LogP contribution in [0.25, 0.3) is 0 Å². The molecule has 1 aromatic carbocycles. The fourth-order valence-electron chi connectivity index (χ4n) is 2.55. The van der Waals surface area contributed by atoms with Gasteiger partial charge in [-0.25, -0.2) is 8.78 Å². The van der Waals surface area contributed by atoms with Crippen molar-refractivity contribution < 1.29 is 31.9 Å². The van der Waals surface area contributed by atoms with Gasteiger partial charge in [-0.2, -0.15) is 13.2 Å². The van der Waals surface area contributed by atoms with Crippen molar-refractivity contribution in [3.05, 3.63) is 35.4 Å². The number of aliphatic carboxylic acids is 1. The van der Waals surface area contributed by atoms with Crippen LogP contribution >= 0.6 is 0 Å². The molecule has 1 saturated carbocycles. The first-order valence-electron chi connectivity index (χ1n) is 5.90. The SMILES string of the molecule is O=C(O)C[C@H](c1cc(F)cc(F)c1)C1(C(F)(F)F)CC1. The van der Waals surface area contributed by atoms with Gasteiger partial charge >= 0.3 is 12.1 Å². The Hall–Kier alpha value is -1.66. The van der Waals surface area contributed by atoms with Gasteiger partial charge in [0, 0.05) is 12.0 Å². The molecule has 2 nitrogen and oxygen atoms in total. The van der Waals surface area contributed by atoms with Gasteiger partial charge in [0.2, 0.25) is 0 Å². The van der Waals surface area contributed by atoms with Crippen LogP contribution in [0.1, 0.15) is 30.7 Å². The minimum absolute atomic E-state index is 0.230. The summed E-state index contributed by atoms with van der Waals surface area (Å²) in [6.45, 7) is 0. The molecule has 0 radical (unpaired) electrons. The molecule has 1 aliphatic rings. The number of hydrogen-bond acceptors (Lipinski definition) is 1. The third-order valence-corrected chi connectivity index (χ3v) is 3.69. The van der Waals surface area contributed by atoms with E-state index >= 15 is 0 Å². The quantitative estimate of drug-likeness (QED) is 0.856. The summed E-state index contributed by atoms with van der Waals surface area (Å²) in [4.78, 5) is 10.8. The molecule has 1 N–H and O–H groups in total. The smallest absolute Gasteiger partial charge is 0.395 e. The van der Waals surface area contributed by atoms with E-state index in [9.17, 15) is 26.7 Å². The number of rotatable bonds is 4. The zero-order valence-corrected chi connectivity index (χ0v) is 10.2. The van der Waals surface area contributed by atoms with E-state index in [0.717, 1.165) is 12.1 Å². The summed E-state index contributed by atoms with van der Waals surface area (Å²) in [5.41, 5.74) is -2.45. The highest BCUT2D eigenvalue weighted by atomic mass is 19.4. The Morgan fingerprint density at radius 2 is 1.70 bits per heavy atom. The predicted molar refractivity (Wildman–Crippen MR) is 59.1 cm³/mol. The average Bonchev–Trinajstić information content (AvgIpc) is 3.04. The topological polar surface area (TPSA) is 37.3 Å². The first-order chi connectivity index (χ1) is 9.15. The zero-order chi connectivity index (χ0) is 15.1. The van der Waals surface area contributed by atoms with Crippen molar-refractivity contribution in [1.82, 2.24) is 0 Å². The monoisotopic (exact) mass is 294 g/mol. The number of hydrogen-bond donors (Lipinski definition) is 1. The van der Waals surface area contributed by atoms with E-state index in [1.165, 1.54) is 0 Å². The van der Waals surface area contributed by atoms with E-state index in [2.05, 4.69) is 0 Å². The van der Waals surface area contributed by atoms with Gasteiger partial charge in [-0.15, -0.1) is 0 Å². The van der Waals surface area contributed by atoms with Crippen LogP contribution in [0.2, 0.25) is 0 Å². The highest BCUT2D eigenvalue weighted by Crippen LogP contribution is 2.66. The lowest BCUT2D eigenvalue weighted by Crippen LogP contribution is -2.32. The van der Waals surface area contributed by atoms with Crippen LogP contribution in [0, 0.1) is 17.0 Å². The van der Waals surface area contributed by atoms with Crippen LogP contribution in [0.4, 0.5) is 22.0 Å². The van der Waals surface area contributed by atoms with Crippen molar-refractivity contribution in [3.63, 3.8) is 0 Å². The Labute approximate surface area is 111 Å². The van der Waals surface area contributed by atoms with E-state index in [-0.39, 0.29) is 18.4 Å². The molecule has 1 aliphatic carbocycles. The van der Waals surface area contributed by atoms with Gasteiger partial charge < -0.3 is 5.11 Å². The Balaban J connectivity index is 2.46. The second-order valence-electron chi connectivity index (χ2n) is 5.01. The second-order valence-corrected chi connectivity index (χ2v) is 5.01. The molecule has 7 heteroatoms. The van der Waals surface area contributed by atoms with Gasteiger partial charge in [0.25, 0.3) is 0 Å². The first-order valence-corrected chi connectivity index (χ1v) is 5.90. The lowest BCUT2D eigenvalue weighted by molar-refractivity contribution is -0.195. The standard InChI is InChI=1S/C13H11F5O2/c14-8-3-7(4-9(15)5-8)10(6-11(19)20)12(1-2-12)13(16,17)18/h3-5,10H,1-2,6H2,(H,19,20)/t10-/m1/s1. The number of halogens is 5. The van der Waals surface area contributed by atoms with Crippen molar-refractivity contribution in [3.8, 4) is 0 Å². The molecule has 1 atom stereocenters. The number of alkyl halides is 3. The van der Waals surface area contributed by atoms with Crippen molar-refractivity contribution in [1.29, 1.82) is 0 Å². The number of carboxylic acids is 1. The lowest BCUT2D eigenvalue weighted by Gasteiger charge is -2.28. The molecule has 0 aliphatic heterocycles. The van der Waals surface area contributed by atoms with Crippen LogP contribution in [0.5, 0.6) is 0 Å². The number of carbonyl (C=O) groups is 1. The molecule has 1 fully saturated rings. The molecule has 0 bridgehead atoms. The Morgan fingerprint density at radius 1 is 1.20 bits per heavy atom. The van der Waals surface area contributed by atoms with Crippen LogP contribution in [0.3, 0.4) is 0 Å². The largest absolute Gasteiger partial charge is 0.481 e. The van der Waals surface area contributed by atoms with Gasteiger partial charge in [0.05, 0.1) is 11.8 Å². The van der Waals surface area contributed by atoms with Crippen molar-refractivity contribution in [2.45, 2.75) is 31.4 Å². The Bertz CT molecular complexity index is 514. The zero-order valence-electron chi connectivity index (χ0n) is 10.2. The van der Waals surface area contributed by atoms with Gasteiger partial charge in [-0.1, -0.05) is 0 Å². The highest BCUT2D eigenvalue weighted by molar-refractivity contribution is 5.68. The van der Waals surface area contributed by atoms with Gasteiger partial charge in [-0.05, 0) is 30.5 Å². The summed E-state index contributed by atoms with van der Waals surface area (Å²) >= 11 is 0. The van der Waals surface area contributed by atoms with E-state index in [4.69, 9.17) is 5.11 Å². The van der Waals surface area contributed by atoms with Gasteiger partial charge in [-0.3, -0.25) is 4.79 Å². The van der Waals surface area contributed by atoms with Gasteiger partial charge in [0.1, 0.15) is 11.6 Å². The van der Waals surface area contributed by atoms with Crippen molar-refractivity contribution in [2.75, 3.05) is 0 Å². The molecule has 110 valence electrons. The summed E-state index contributed by atoms with van der Waals surface area (Å²) in [6, 6.07) is 2.07. The maximum atomic E-state index is 13.2. The molecule has 2 rings (SSSR count). The maximum absolute atomic E-state index is 13.2.